The van der Waals surface area contributed by atoms with Crippen molar-refractivity contribution in [3.63, 3.8) is 0 Å². The van der Waals surface area contributed by atoms with E-state index in [0.29, 0.717) is 13.1 Å². The zero-order chi connectivity index (χ0) is 15.4. The summed E-state index contributed by atoms with van der Waals surface area (Å²) in [5, 5.41) is 9.52. The number of β-amino-alcohol motifs (C(OH)–C–C–N with tert-alkyl or cyclic N) is 1. The van der Waals surface area contributed by atoms with Crippen LogP contribution in [0.1, 0.15) is 12.0 Å². The highest BCUT2D eigenvalue weighted by Crippen LogP contribution is 2.11. The molecule has 5 heteroatoms. The molecule has 0 aromatic heterocycles. The summed E-state index contributed by atoms with van der Waals surface area (Å²) in [6, 6.07) is 10.5. The fourth-order valence-electron chi connectivity index (χ4n) is 3.24. The standard InChI is InChI=1S/C17H25N3O2/c21-16-6-7-19(13-16)14-17(22)20-10-8-18(9-11-20)12-15-4-2-1-3-5-15/h1-5,16,21H,6-14H2/t16-/m0/s1. The second-order valence-corrected chi connectivity index (χ2v) is 6.32. The van der Waals surface area contributed by atoms with Gasteiger partial charge < -0.3 is 10.0 Å². The lowest BCUT2D eigenvalue weighted by Crippen LogP contribution is -2.50. The van der Waals surface area contributed by atoms with Crippen LogP contribution in [-0.4, -0.2) is 77.6 Å². The molecule has 0 bridgehead atoms. The molecule has 1 N–H and O–H groups in total. The van der Waals surface area contributed by atoms with Crippen LogP contribution in [0.15, 0.2) is 30.3 Å². The summed E-state index contributed by atoms with van der Waals surface area (Å²) < 4.78 is 0. The van der Waals surface area contributed by atoms with Gasteiger partial charge in [0.1, 0.15) is 0 Å². The van der Waals surface area contributed by atoms with E-state index >= 15 is 0 Å². The molecule has 1 amide bonds. The lowest BCUT2D eigenvalue weighted by atomic mass is 10.2. The number of rotatable bonds is 4. The Balaban J connectivity index is 1.42. The van der Waals surface area contributed by atoms with Gasteiger partial charge in [0.05, 0.1) is 12.6 Å². The van der Waals surface area contributed by atoms with Crippen LogP contribution in [0.25, 0.3) is 0 Å². The van der Waals surface area contributed by atoms with Gasteiger partial charge in [0.2, 0.25) is 5.91 Å². The molecule has 120 valence electrons. The first-order chi connectivity index (χ1) is 10.7. The Bertz CT molecular complexity index is 486. The number of likely N-dealkylation sites (tertiary alicyclic amines) is 1. The van der Waals surface area contributed by atoms with Gasteiger partial charge in [0.25, 0.3) is 0 Å². The third-order valence-electron chi connectivity index (χ3n) is 4.58. The molecule has 2 aliphatic heterocycles. The maximum Gasteiger partial charge on any atom is 0.236 e. The van der Waals surface area contributed by atoms with Gasteiger partial charge in [0.15, 0.2) is 0 Å². The summed E-state index contributed by atoms with van der Waals surface area (Å²) in [6.45, 7) is 6.37. The van der Waals surface area contributed by atoms with Crippen LogP contribution < -0.4 is 0 Å². The van der Waals surface area contributed by atoms with Crippen LogP contribution in [0.3, 0.4) is 0 Å². The smallest absolute Gasteiger partial charge is 0.236 e. The highest BCUT2D eigenvalue weighted by atomic mass is 16.3. The zero-order valence-electron chi connectivity index (χ0n) is 13.0. The Labute approximate surface area is 132 Å². The summed E-state index contributed by atoms with van der Waals surface area (Å²) in [5.74, 6) is 0.202. The molecule has 0 unspecified atom stereocenters. The summed E-state index contributed by atoms with van der Waals surface area (Å²) in [6.07, 6.45) is 0.536. The fraction of sp³-hybridized carbons (Fsp3) is 0.588. The predicted octanol–water partition coefficient (Wildman–Crippen LogP) is 0.397. The van der Waals surface area contributed by atoms with E-state index < -0.39 is 0 Å². The van der Waals surface area contributed by atoms with E-state index in [1.807, 2.05) is 11.0 Å². The van der Waals surface area contributed by atoms with Gasteiger partial charge in [-0.3, -0.25) is 14.6 Å². The minimum absolute atomic E-state index is 0.202. The first-order valence-corrected chi connectivity index (χ1v) is 8.15. The van der Waals surface area contributed by atoms with Crippen molar-refractivity contribution in [3.8, 4) is 0 Å². The van der Waals surface area contributed by atoms with Crippen LogP contribution in [0.2, 0.25) is 0 Å². The van der Waals surface area contributed by atoms with Crippen molar-refractivity contribution in [3.05, 3.63) is 35.9 Å². The highest BCUT2D eigenvalue weighted by Gasteiger charge is 2.26. The topological polar surface area (TPSA) is 47.0 Å². The summed E-state index contributed by atoms with van der Waals surface area (Å²) >= 11 is 0. The Morgan fingerprint density at radius 1 is 1.05 bits per heavy atom. The number of carbonyl (C=O) groups is 1. The van der Waals surface area contributed by atoms with Crippen LogP contribution >= 0.6 is 0 Å². The normalized spacial score (nSPS) is 23.9. The summed E-state index contributed by atoms with van der Waals surface area (Å²) in [4.78, 5) is 18.7. The fourth-order valence-corrected chi connectivity index (χ4v) is 3.24. The Kier molecular flexibility index (Phi) is 5.08. The maximum atomic E-state index is 12.3. The van der Waals surface area contributed by atoms with E-state index in [-0.39, 0.29) is 12.0 Å². The van der Waals surface area contributed by atoms with Crippen molar-refractivity contribution in [2.75, 3.05) is 45.8 Å². The highest BCUT2D eigenvalue weighted by molar-refractivity contribution is 5.78. The van der Waals surface area contributed by atoms with Crippen molar-refractivity contribution in [2.24, 2.45) is 0 Å². The quantitative estimate of drug-likeness (QED) is 0.874. The van der Waals surface area contributed by atoms with Gasteiger partial charge in [-0.05, 0) is 12.0 Å². The van der Waals surface area contributed by atoms with E-state index in [0.717, 1.165) is 45.7 Å². The maximum absolute atomic E-state index is 12.3. The van der Waals surface area contributed by atoms with Gasteiger partial charge in [-0.1, -0.05) is 30.3 Å². The summed E-state index contributed by atoms with van der Waals surface area (Å²) in [5.41, 5.74) is 1.33. The van der Waals surface area contributed by atoms with Crippen LogP contribution in [0, 0.1) is 0 Å². The van der Waals surface area contributed by atoms with Gasteiger partial charge in [-0.2, -0.15) is 0 Å². The molecule has 0 spiro atoms. The van der Waals surface area contributed by atoms with Gasteiger partial charge >= 0.3 is 0 Å². The van der Waals surface area contributed by atoms with E-state index in [1.165, 1.54) is 5.56 Å². The largest absolute Gasteiger partial charge is 0.392 e. The molecular weight excluding hydrogens is 278 g/mol. The van der Waals surface area contributed by atoms with E-state index in [4.69, 9.17) is 0 Å². The molecule has 5 nitrogen and oxygen atoms in total. The average Bonchev–Trinajstić information content (AvgIpc) is 2.94. The molecule has 1 atom stereocenters. The minimum atomic E-state index is -0.254. The minimum Gasteiger partial charge on any atom is -0.392 e. The number of hydrogen-bond acceptors (Lipinski definition) is 4. The number of amides is 1. The molecule has 1 aromatic rings. The first kappa shape index (κ1) is 15.5. The molecule has 0 saturated carbocycles. The second kappa shape index (κ2) is 7.22. The molecule has 0 aliphatic carbocycles. The van der Waals surface area contributed by atoms with Crippen LogP contribution in [0.4, 0.5) is 0 Å². The van der Waals surface area contributed by atoms with Gasteiger partial charge in [0, 0.05) is 45.8 Å². The second-order valence-electron chi connectivity index (χ2n) is 6.32. The molecule has 2 fully saturated rings. The van der Waals surface area contributed by atoms with E-state index in [2.05, 4.69) is 34.1 Å². The number of aliphatic hydroxyl groups excluding tert-OH is 1. The monoisotopic (exact) mass is 303 g/mol. The third-order valence-corrected chi connectivity index (χ3v) is 4.58. The van der Waals surface area contributed by atoms with Crippen molar-refractivity contribution in [1.82, 2.24) is 14.7 Å². The Morgan fingerprint density at radius 3 is 2.41 bits per heavy atom. The first-order valence-electron chi connectivity index (χ1n) is 8.15. The van der Waals surface area contributed by atoms with Crippen molar-refractivity contribution in [1.29, 1.82) is 0 Å². The molecule has 2 heterocycles. The Morgan fingerprint density at radius 2 is 1.77 bits per heavy atom. The van der Waals surface area contributed by atoms with Gasteiger partial charge in [-0.25, -0.2) is 0 Å². The molecule has 1 aromatic carbocycles. The molecule has 22 heavy (non-hydrogen) atoms. The Hall–Kier alpha value is -1.43. The molecule has 3 rings (SSSR count). The molecule has 2 saturated heterocycles. The van der Waals surface area contributed by atoms with Crippen LogP contribution in [-0.2, 0) is 11.3 Å². The van der Waals surface area contributed by atoms with Crippen LogP contribution in [0.5, 0.6) is 0 Å². The molecular formula is C17H25N3O2. The number of hydrogen-bond donors (Lipinski definition) is 1. The lowest BCUT2D eigenvalue weighted by molar-refractivity contribution is -0.134. The molecule has 0 radical (unpaired) electrons. The van der Waals surface area contributed by atoms with Crippen molar-refractivity contribution in [2.45, 2.75) is 19.1 Å². The number of aliphatic hydroxyl groups is 1. The van der Waals surface area contributed by atoms with Crippen molar-refractivity contribution < 1.29 is 9.90 Å². The number of piperazine rings is 1. The SMILES string of the molecule is O=C(CN1CC[C@H](O)C1)N1CCN(Cc2ccccc2)CC1. The van der Waals surface area contributed by atoms with E-state index in [9.17, 15) is 9.90 Å². The number of benzene rings is 1. The zero-order valence-corrected chi connectivity index (χ0v) is 13.0. The summed E-state index contributed by atoms with van der Waals surface area (Å²) in [7, 11) is 0. The number of nitrogens with zero attached hydrogens (tertiary/aromatic N) is 3. The van der Waals surface area contributed by atoms with E-state index in [1.54, 1.807) is 0 Å². The molecule has 2 aliphatic rings. The van der Waals surface area contributed by atoms with Gasteiger partial charge in [-0.15, -0.1) is 0 Å². The van der Waals surface area contributed by atoms with Crippen molar-refractivity contribution >= 4 is 5.91 Å². The third kappa shape index (κ3) is 4.06. The lowest BCUT2D eigenvalue weighted by Gasteiger charge is -2.35. The predicted molar refractivity (Wildman–Crippen MR) is 85.4 cm³/mol. The average molecular weight is 303 g/mol. The number of carbonyl (C=O) groups excluding carboxylic acids is 1.